The van der Waals surface area contributed by atoms with Crippen LogP contribution < -0.4 is 29.2 Å². The molecular weight excluding hydrogens is 452 g/mol. The molecule has 0 saturated carbocycles. The van der Waals surface area contributed by atoms with Crippen LogP contribution in [0.2, 0.25) is 0 Å². The lowest BCUT2D eigenvalue weighted by Crippen LogP contribution is -2.27. The van der Waals surface area contributed by atoms with Gasteiger partial charge in [0.15, 0.2) is 11.5 Å². The number of nitrogens with one attached hydrogen (secondary N) is 1. The standard InChI is InChI=1S/C26H22N2O7/c1-32-21-5-3-2-4-20(21)25(30)27-17-6-9-19(10-7-17)35-26(31)16-12-24(29)28(14-16)18-8-11-22-23(13-18)34-15-33-22/h2-11,13,16H,12,14-15H2,1H3,(H,27,30). The number of methoxy groups -OCH3 is 1. The van der Waals surface area contributed by atoms with E-state index in [1.807, 2.05) is 0 Å². The Bertz CT molecular complexity index is 1290. The second-order valence-corrected chi connectivity index (χ2v) is 8.04. The molecule has 1 N–H and O–H groups in total. The number of hydrogen-bond donors (Lipinski definition) is 1. The third kappa shape index (κ3) is 4.61. The van der Waals surface area contributed by atoms with Crippen molar-refractivity contribution < 1.29 is 33.3 Å². The molecule has 2 amide bonds. The smallest absolute Gasteiger partial charge is 0.316 e. The Kier molecular flexibility index (Phi) is 5.97. The first-order valence-corrected chi connectivity index (χ1v) is 11.0. The molecule has 1 fully saturated rings. The molecule has 35 heavy (non-hydrogen) atoms. The lowest BCUT2D eigenvalue weighted by atomic mass is 10.1. The highest BCUT2D eigenvalue weighted by atomic mass is 16.7. The SMILES string of the molecule is COc1ccccc1C(=O)Nc1ccc(OC(=O)C2CC(=O)N(c3ccc4c(c3)OCO4)C2)cc1. The van der Waals surface area contributed by atoms with Crippen molar-refractivity contribution >= 4 is 29.2 Å². The second kappa shape index (κ2) is 9.38. The summed E-state index contributed by atoms with van der Waals surface area (Å²) in [5, 5.41) is 2.79. The Balaban J connectivity index is 1.19. The number of hydrogen-bond acceptors (Lipinski definition) is 7. The van der Waals surface area contributed by atoms with Gasteiger partial charge < -0.3 is 29.2 Å². The average Bonchev–Trinajstić information content (AvgIpc) is 3.51. The van der Waals surface area contributed by atoms with Gasteiger partial charge in [0.1, 0.15) is 11.5 Å². The highest BCUT2D eigenvalue weighted by molar-refractivity contribution is 6.06. The molecular formula is C26H22N2O7. The normalized spacial score (nSPS) is 16.2. The fraction of sp³-hybridized carbons (Fsp3) is 0.192. The van der Waals surface area contributed by atoms with Crippen molar-refractivity contribution in [1.82, 2.24) is 0 Å². The van der Waals surface area contributed by atoms with E-state index >= 15 is 0 Å². The number of ether oxygens (including phenoxy) is 4. The third-order valence-electron chi connectivity index (χ3n) is 5.81. The number of nitrogens with zero attached hydrogens (tertiary/aromatic N) is 1. The van der Waals surface area contributed by atoms with Gasteiger partial charge in [-0.2, -0.15) is 0 Å². The predicted molar refractivity (Wildman–Crippen MR) is 126 cm³/mol. The molecule has 0 aliphatic carbocycles. The van der Waals surface area contributed by atoms with Crippen molar-refractivity contribution in [1.29, 1.82) is 0 Å². The van der Waals surface area contributed by atoms with Crippen molar-refractivity contribution in [3.05, 3.63) is 72.3 Å². The summed E-state index contributed by atoms with van der Waals surface area (Å²) in [6.07, 6.45) is 0.0559. The number of carbonyl (C=O) groups excluding carboxylic acids is 3. The monoisotopic (exact) mass is 474 g/mol. The van der Waals surface area contributed by atoms with E-state index in [4.69, 9.17) is 18.9 Å². The molecule has 0 spiro atoms. The second-order valence-electron chi connectivity index (χ2n) is 8.04. The molecule has 178 valence electrons. The highest BCUT2D eigenvalue weighted by Crippen LogP contribution is 2.37. The molecule has 2 aliphatic rings. The molecule has 3 aromatic carbocycles. The number of anilines is 2. The Morgan fingerprint density at radius 3 is 2.57 bits per heavy atom. The Hall–Kier alpha value is -4.53. The predicted octanol–water partition coefficient (Wildman–Crippen LogP) is 3.63. The molecule has 5 rings (SSSR count). The van der Waals surface area contributed by atoms with Gasteiger partial charge in [0, 0.05) is 30.4 Å². The van der Waals surface area contributed by atoms with Crippen LogP contribution in [-0.2, 0) is 9.59 Å². The quantitative estimate of drug-likeness (QED) is 0.430. The number of para-hydroxylation sites is 1. The van der Waals surface area contributed by atoms with E-state index in [-0.39, 0.29) is 31.6 Å². The van der Waals surface area contributed by atoms with Crippen LogP contribution in [0.1, 0.15) is 16.8 Å². The van der Waals surface area contributed by atoms with E-state index in [1.54, 1.807) is 71.6 Å². The molecule has 0 bridgehead atoms. The lowest BCUT2D eigenvalue weighted by molar-refractivity contribution is -0.139. The maximum Gasteiger partial charge on any atom is 0.316 e. The molecule has 0 aromatic heterocycles. The van der Waals surface area contributed by atoms with Gasteiger partial charge >= 0.3 is 5.97 Å². The van der Waals surface area contributed by atoms with E-state index in [1.165, 1.54) is 7.11 Å². The van der Waals surface area contributed by atoms with Gasteiger partial charge in [-0.3, -0.25) is 14.4 Å². The van der Waals surface area contributed by atoms with Crippen molar-refractivity contribution in [2.24, 2.45) is 5.92 Å². The van der Waals surface area contributed by atoms with E-state index in [2.05, 4.69) is 5.32 Å². The molecule has 9 heteroatoms. The largest absolute Gasteiger partial charge is 0.496 e. The summed E-state index contributed by atoms with van der Waals surface area (Å²) in [5.74, 6) is 0.402. The molecule has 2 heterocycles. The molecule has 3 aromatic rings. The fourth-order valence-electron chi connectivity index (χ4n) is 4.00. The van der Waals surface area contributed by atoms with Crippen LogP contribution in [0, 0.1) is 5.92 Å². The minimum Gasteiger partial charge on any atom is -0.496 e. The van der Waals surface area contributed by atoms with E-state index < -0.39 is 11.9 Å². The summed E-state index contributed by atoms with van der Waals surface area (Å²) in [6, 6.07) is 18.6. The lowest BCUT2D eigenvalue weighted by Gasteiger charge is -2.17. The van der Waals surface area contributed by atoms with Crippen molar-refractivity contribution in [3.63, 3.8) is 0 Å². The third-order valence-corrected chi connectivity index (χ3v) is 5.81. The summed E-state index contributed by atoms with van der Waals surface area (Å²) < 4.78 is 21.4. The van der Waals surface area contributed by atoms with Gasteiger partial charge in [0.2, 0.25) is 12.7 Å². The van der Waals surface area contributed by atoms with Crippen LogP contribution >= 0.6 is 0 Å². The minimum atomic E-state index is -0.599. The minimum absolute atomic E-state index is 0.0559. The Morgan fingerprint density at radius 1 is 1.00 bits per heavy atom. The summed E-state index contributed by atoms with van der Waals surface area (Å²) >= 11 is 0. The number of esters is 1. The van der Waals surface area contributed by atoms with Gasteiger partial charge in [0.25, 0.3) is 5.91 Å². The molecule has 9 nitrogen and oxygen atoms in total. The zero-order valence-corrected chi connectivity index (χ0v) is 18.9. The number of carbonyl (C=O) groups is 3. The van der Waals surface area contributed by atoms with Crippen LogP contribution in [0.15, 0.2) is 66.7 Å². The highest BCUT2D eigenvalue weighted by Gasteiger charge is 2.37. The van der Waals surface area contributed by atoms with Gasteiger partial charge in [0.05, 0.1) is 18.6 Å². The van der Waals surface area contributed by atoms with Gasteiger partial charge in [-0.1, -0.05) is 12.1 Å². The zero-order valence-electron chi connectivity index (χ0n) is 18.9. The van der Waals surface area contributed by atoms with Crippen molar-refractivity contribution in [2.45, 2.75) is 6.42 Å². The van der Waals surface area contributed by atoms with Crippen molar-refractivity contribution in [2.75, 3.05) is 30.7 Å². The summed E-state index contributed by atoms with van der Waals surface area (Å²) in [5.41, 5.74) is 1.58. The van der Waals surface area contributed by atoms with Gasteiger partial charge in [-0.25, -0.2) is 0 Å². The van der Waals surface area contributed by atoms with Crippen molar-refractivity contribution in [3.8, 4) is 23.0 Å². The zero-order chi connectivity index (χ0) is 24.4. The molecule has 2 aliphatic heterocycles. The van der Waals surface area contributed by atoms with Crippen LogP contribution in [0.5, 0.6) is 23.0 Å². The van der Waals surface area contributed by atoms with Crippen LogP contribution in [0.3, 0.4) is 0 Å². The van der Waals surface area contributed by atoms with Gasteiger partial charge in [-0.15, -0.1) is 0 Å². The van der Waals surface area contributed by atoms with Crippen LogP contribution in [0.4, 0.5) is 11.4 Å². The first-order chi connectivity index (χ1) is 17.0. The Morgan fingerprint density at radius 2 is 1.77 bits per heavy atom. The van der Waals surface area contributed by atoms with E-state index in [9.17, 15) is 14.4 Å². The fourth-order valence-corrected chi connectivity index (χ4v) is 4.00. The number of fused-ring (bicyclic) bond motifs is 1. The molecule has 1 saturated heterocycles. The maximum atomic E-state index is 12.7. The molecule has 1 unspecified atom stereocenters. The van der Waals surface area contributed by atoms with E-state index in [0.29, 0.717) is 39.9 Å². The summed E-state index contributed by atoms with van der Waals surface area (Å²) in [4.78, 5) is 39.4. The molecule has 1 atom stereocenters. The topological polar surface area (TPSA) is 103 Å². The van der Waals surface area contributed by atoms with E-state index in [0.717, 1.165) is 0 Å². The Labute approximate surface area is 201 Å². The van der Waals surface area contributed by atoms with Crippen LogP contribution in [-0.4, -0.2) is 38.2 Å². The van der Waals surface area contributed by atoms with Gasteiger partial charge in [-0.05, 0) is 48.5 Å². The first kappa shape index (κ1) is 22.3. The summed E-state index contributed by atoms with van der Waals surface area (Å²) in [7, 11) is 1.50. The first-order valence-electron chi connectivity index (χ1n) is 11.0. The number of amides is 2. The number of benzene rings is 3. The number of rotatable bonds is 6. The maximum absolute atomic E-state index is 12.7. The summed E-state index contributed by atoms with van der Waals surface area (Å²) in [6.45, 7) is 0.356. The molecule has 0 radical (unpaired) electrons. The van der Waals surface area contributed by atoms with Crippen LogP contribution in [0.25, 0.3) is 0 Å². The average molecular weight is 474 g/mol.